The first-order chi connectivity index (χ1) is 14.5. The standard InChI is InChI=1S/C23H25N3O4/c1-24(16-17-6-8-18(9-7-17)25-12-14-30-15-13-25)21(27)10-11-26-22(28)19-4-2-3-5-20(19)23(26)29/h2-9H,10-16H2,1H3. The van der Waals surface area contributed by atoms with E-state index in [9.17, 15) is 14.4 Å². The first kappa shape index (κ1) is 20.1. The highest BCUT2D eigenvalue weighted by molar-refractivity contribution is 6.21. The maximum Gasteiger partial charge on any atom is 0.261 e. The Kier molecular flexibility index (Phi) is 5.81. The van der Waals surface area contributed by atoms with E-state index in [0.29, 0.717) is 17.7 Å². The van der Waals surface area contributed by atoms with Crippen molar-refractivity contribution < 1.29 is 19.1 Å². The molecule has 2 aromatic rings. The molecule has 3 amide bonds. The fourth-order valence-corrected chi connectivity index (χ4v) is 3.84. The normalized spacial score (nSPS) is 16.0. The first-order valence-corrected chi connectivity index (χ1v) is 10.2. The van der Waals surface area contributed by atoms with Gasteiger partial charge in [-0.1, -0.05) is 24.3 Å². The molecular weight excluding hydrogens is 382 g/mol. The molecule has 2 heterocycles. The third-order valence-corrected chi connectivity index (χ3v) is 5.59. The van der Waals surface area contributed by atoms with Crippen LogP contribution in [0.1, 0.15) is 32.7 Å². The summed E-state index contributed by atoms with van der Waals surface area (Å²) in [5, 5.41) is 0. The lowest BCUT2D eigenvalue weighted by Crippen LogP contribution is -2.36. The van der Waals surface area contributed by atoms with Gasteiger partial charge in [0.2, 0.25) is 5.91 Å². The number of fused-ring (bicyclic) bond motifs is 1. The Labute approximate surface area is 175 Å². The van der Waals surface area contributed by atoms with Gasteiger partial charge in [0.05, 0.1) is 24.3 Å². The van der Waals surface area contributed by atoms with Crippen molar-refractivity contribution >= 4 is 23.4 Å². The summed E-state index contributed by atoms with van der Waals surface area (Å²) in [6.07, 6.45) is 0.105. The molecule has 2 aliphatic rings. The highest BCUT2D eigenvalue weighted by atomic mass is 16.5. The Morgan fingerprint density at radius 1 is 0.967 bits per heavy atom. The third kappa shape index (κ3) is 4.07. The largest absolute Gasteiger partial charge is 0.378 e. The number of rotatable bonds is 6. The molecule has 0 saturated carbocycles. The van der Waals surface area contributed by atoms with Crippen LogP contribution in [0.25, 0.3) is 0 Å². The van der Waals surface area contributed by atoms with Crippen LogP contribution >= 0.6 is 0 Å². The molecule has 7 nitrogen and oxygen atoms in total. The second-order valence-electron chi connectivity index (χ2n) is 7.57. The fraction of sp³-hybridized carbons (Fsp3) is 0.348. The molecule has 0 radical (unpaired) electrons. The lowest BCUT2D eigenvalue weighted by atomic mass is 10.1. The number of imide groups is 1. The molecule has 0 spiro atoms. The van der Waals surface area contributed by atoms with Crippen molar-refractivity contribution in [2.75, 3.05) is 44.8 Å². The molecule has 0 N–H and O–H groups in total. The molecule has 1 saturated heterocycles. The number of benzene rings is 2. The van der Waals surface area contributed by atoms with E-state index in [1.54, 1.807) is 36.2 Å². The summed E-state index contributed by atoms with van der Waals surface area (Å²) in [6, 6.07) is 14.9. The van der Waals surface area contributed by atoms with E-state index >= 15 is 0 Å². The average Bonchev–Trinajstić information content (AvgIpc) is 3.03. The molecule has 7 heteroatoms. The van der Waals surface area contributed by atoms with Crippen molar-refractivity contribution in [1.29, 1.82) is 0 Å². The molecule has 1 fully saturated rings. The number of ether oxygens (including phenoxy) is 1. The maximum atomic E-state index is 12.6. The van der Waals surface area contributed by atoms with Gasteiger partial charge in [0.1, 0.15) is 0 Å². The van der Waals surface area contributed by atoms with E-state index < -0.39 is 0 Å². The minimum atomic E-state index is -0.329. The van der Waals surface area contributed by atoms with Gasteiger partial charge >= 0.3 is 0 Å². The molecule has 4 rings (SSSR count). The SMILES string of the molecule is CN(Cc1ccc(N2CCOCC2)cc1)C(=O)CCN1C(=O)c2ccccc2C1=O. The number of carbonyl (C=O) groups excluding carboxylic acids is 3. The maximum absolute atomic E-state index is 12.6. The highest BCUT2D eigenvalue weighted by Crippen LogP contribution is 2.23. The van der Waals surface area contributed by atoms with Crippen molar-refractivity contribution in [2.24, 2.45) is 0 Å². The van der Waals surface area contributed by atoms with Crippen molar-refractivity contribution in [3.05, 3.63) is 65.2 Å². The second-order valence-corrected chi connectivity index (χ2v) is 7.57. The fourth-order valence-electron chi connectivity index (χ4n) is 3.84. The van der Waals surface area contributed by atoms with Crippen molar-refractivity contribution in [2.45, 2.75) is 13.0 Å². The van der Waals surface area contributed by atoms with Gasteiger partial charge < -0.3 is 14.5 Å². The van der Waals surface area contributed by atoms with Crippen LogP contribution < -0.4 is 4.90 Å². The van der Waals surface area contributed by atoms with E-state index in [-0.39, 0.29) is 30.7 Å². The Bertz CT molecular complexity index is 916. The Morgan fingerprint density at radius 2 is 1.57 bits per heavy atom. The van der Waals surface area contributed by atoms with E-state index in [1.807, 2.05) is 12.1 Å². The molecule has 0 unspecified atom stereocenters. The number of carbonyl (C=O) groups is 3. The van der Waals surface area contributed by atoms with Gasteiger partial charge in [-0.3, -0.25) is 19.3 Å². The van der Waals surface area contributed by atoms with Gasteiger partial charge in [0.15, 0.2) is 0 Å². The third-order valence-electron chi connectivity index (χ3n) is 5.59. The zero-order valence-corrected chi connectivity index (χ0v) is 17.0. The summed E-state index contributed by atoms with van der Waals surface area (Å²) in [4.78, 5) is 42.5. The van der Waals surface area contributed by atoms with Crippen molar-refractivity contribution in [1.82, 2.24) is 9.80 Å². The van der Waals surface area contributed by atoms with Gasteiger partial charge in [-0.2, -0.15) is 0 Å². The van der Waals surface area contributed by atoms with Crippen LogP contribution in [0.3, 0.4) is 0 Å². The number of nitrogens with zero attached hydrogens (tertiary/aromatic N) is 3. The highest BCUT2D eigenvalue weighted by Gasteiger charge is 2.35. The van der Waals surface area contributed by atoms with Crippen molar-refractivity contribution in [3.63, 3.8) is 0 Å². The minimum absolute atomic E-state index is 0.0888. The van der Waals surface area contributed by atoms with Crippen LogP contribution in [-0.2, 0) is 16.1 Å². The smallest absolute Gasteiger partial charge is 0.261 e. The molecule has 156 valence electrons. The van der Waals surface area contributed by atoms with Crippen LogP contribution in [0.5, 0.6) is 0 Å². The Hall–Kier alpha value is -3.19. The molecule has 0 atom stereocenters. The van der Waals surface area contributed by atoms with E-state index in [1.165, 1.54) is 0 Å². The van der Waals surface area contributed by atoms with Gasteiger partial charge in [-0.15, -0.1) is 0 Å². The van der Waals surface area contributed by atoms with Gasteiger partial charge in [-0.25, -0.2) is 0 Å². The van der Waals surface area contributed by atoms with E-state index in [0.717, 1.165) is 42.5 Å². The summed E-state index contributed by atoms with van der Waals surface area (Å²) >= 11 is 0. The first-order valence-electron chi connectivity index (χ1n) is 10.2. The Balaban J connectivity index is 1.30. The lowest BCUT2D eigenvalue weighted by molar-refractivity contribution is -0.130. The number of hydrogen-bond donors (Lipinski definition) is 0. The quantitative estimate of drug-likeness (QED) is 0.687. The summed E-state index contributed by atoms with van der Waals surface area (Å²) in [5.74, 6) is -0.765. The molecule has 0 aromatic heterocycles. The average molecular weight is 407 g/mol. The zero-order valence-electron chi connectivity index (χ0n) is 17.0. The Morgan fingerprint density at radius 3 is 2.17 bits per heavy atom. The summed E-state index contributed by atoms with van der Waals surface area (Å²) < 4.78 is 5.38. The molecule has 2 aromatic carbocycles. The molecule has 30 heavy (non-hydrogen) atoms. The van der Waals surface area contributed by atoms with Crippen LogP contribution in [0.2, 0.25) is 0 Å². The lowest BCUT2D eigenvalue weighted by Gasteiger charge is -2.29. The van der Waals surface area contributed by atoms with Crippen LogP contribution in [-0.4, -0.2) is 67.4 Å². The van der Waals surface area contributed by atoms with Crippen molar-refractivity contribution in [3.8, 4) is 0 Å². The summed E-state index contributed by atoms with van der Waals surface area (Å²) in [7, 11) is 1.74. The van der Waals surface area contributed by atoms with Gasteiger partial charge in [0.25, 0.3) is 11.8 Å². The van der Waals surface area contributed by atoms with E-state index in [2.05, 4.69) is 17.0 Å². The number of morpholine rings is 1. The summed E-state index contributed by atoms with van der Waals surface area (Å²) in [6.45, 7) is 3.82. The molecule has 0 bridgehead atoms. The predicted molar refractivity (Wildman–Crippen MR) is 112 cm³/mol. The minimum Gasteiger partial charge on any atom is -0.378 e. The molecule has 0 aliphatic carbocycles. The summed E-state index contributed by atoms with van der Waals surface area (Å²) in [5.41, 5.74) is 3.00. The second kappa shape index (κ2) is 8.67. The topological polar surface area (TPSA) is 70.2 Å². The number of amides is 3. The van der Waals surface area contributed by atoms with Crippen LogP contribution in [0.4, 0.5) is 5.69 Å². The zero-order chi connectivity index (χ0) is 21.1. The van der Waals surface area contributed by atoms with E-state index in [4.69, 9.17) is 4.74 Å². The number of anilines is 1. The van der Waals surface area contributed by atoms with Crippen LogP contribution in [0, 0.1) is 0 Å². The van der Waals surface area contributed by atoms with Crippen LogP contribution in [0.15, 0.2) is 48.5 Å². The predicted octanol–water partition coefficient (Wildman–Crippen LogP) is 2.17. The molecular formula is C23H25N3O4. The number of hydrogen-bond acceptors (Lipinski definition) is 5. The molecule has 2 aliphatic heterocycles. The van der Waals surface area contributed by atoms with Gasteiger partial charge in [-0.05, 0) is 29.8 Å². The van der Waals surface area contributed by atoms with Gasteiger partial charge in [0, 0.05) is 45.3 Å². The monoisotopic (exact) mass is 407 g/mol.